The smallest absolute Gasteiger partial charge is 0.309 e. The molecule has 29 heavy (non-hydrogen) atoms. The van der Waals surface area contributed by atoms with Crippen LogP contribution < -0.4 is 0 Å². The van der Waals surface area contributed by atoms with Crippen LogP contribution in [0.5, 0.6) is 0 Å². The molecule has 7 atom stereocenters. The molecule has 2 rings (SSSR count). The molecule has 0 aromatic rings. The fraction of sp³-hybridized carbons (Fsp3) is 0.955. The second-order valence-corrected chi connectivity index (χ2v) is 15.1. The van der Waals surface area contributed by atoms with E-state index in [9.17, 15) is 9.90 Å². The Labute approximate surface area is 177 Å². The van der Waals surface area contributed by atoms with E-state index in [1.54, 1.807) is 0 Å². The monoisotopic (exact) mass is 430 g/mol. The van der Waals surface area contributed by atoms with Crippen LogP contribution in [-0.4, -0.2) is 56.7 Å². The zero-order chi connectivity index (χ0) is 22.0. The fourth-order valence-electron chi connectivity index (χ4n) is 3.60. The summed E-state index contributed by atoms with van der Waals surface area (Å²) in [7, 11) is -1.93. The van der Waals surface area contributed by atoms with Crippen molar-refractivity contribution in [3.8, 4) is 0 Å². The Bertz CT molecular complexity index is 546. The second-order valence-electron chi connectivity index (χ2n) is 10.3. The number of rotatable bonds is 9. The Morgan fingerprint density at radius 3 is 2.52 bits per heavy atom. The van der Waals surface area contributed by atoms with Crippen molar-refractivity contribution in [2.24, 2.45) is 11.8 Å². The Hall–Kier alpha value is -0.473. The summed E-state index contributed by atoms with van der Waals surface area (Å²) < 4.78 is 23.6. The summed E-state index contributed by atoms with van der Waals surface area (Å²) in [6.07, 6.45) is 1.61. The Morgan fingerprint density at radius 1 is 1.28 bits per heavy atom. The van der Waals surface area contributed by atoms with Gasteiger partial charge in [0.1, 0.15) is 6.10 Å². The van der Waals surface area contributed by atoms with Gasteiger partial charge in [0.2, 0.25) is 0 Å². The molecule has 1 heterocycles. The number of esters is 1. The number of hydrogen-bond acceptors (Lipinski definition) is 6. The minimum Gasteiger partial charge on any atom is -0.466 e. The molecule has 0 spiro atoms. The third kappa shape index (κ3) is 6.76. The van der Waals surface area contributed by atoms with Crippen LogP contribution in [0.1, 0.15) is 67.2 Å². The van der Waals surface area contributed by atoms with E-state index in [1.165, 1.54) is 0 Å². The molecule has 6 nitrogen and oxygen atoms in total. The lowest BCUT2D eigenvalue weighted by atomic mass is 10.0. The Morgan fingerprint density at radius 2 is 1.93 bits per heavy atom. The molecule has 0 bridgehead atoms. The van der Waals surface area contributed by atoms with Crippen molar-refractivity contribution in [1.29, 1.82) is 0 Å². The summed E-state index contributed by atoms with van der Waals surface area (Å²) >= 11 is 0. The summed E-state index contributed by atoms with van der Waals surface area (Å²) in [5, 5.41) is 10.7. The topological polar surface area (TPSA) is 74.2 Å². The standard InChI is InChI=1S/C22H42O6Si/c1-9-25-20(24)17-12-16(17)11-10-14(2)26-21-18(23)13-19(15(3)27-21)28-29(7,8)22(4,5)6/h14-19,21,23H,9-13H2,1-8H3/t14-,15+,16?,17?,18-,19?,21-/m1/s1. The molecule has 0 amide bonds. The predicted octanol–water partition coefficient (Wildman–Crippen LogP) is 4.26. The molecule has 1 aliphatic carbocycles. The minimum atomic E-state index is -1.93. The van der Waals surface area contributed by atoms with Crippen molar-refractivity contribution in [3.05, 3.63) is 0 Å². The molecule has 0 aromatic carbocycles. The first-order chi connectivity index (χ1) is 13.4. The molecule has 1 saturated heterocycles. The van der Waals surface area contributed by atoms with Crippen LogP contribution in [-0.2, 0) is 23.4 Å². The molecule has 3 unspecified atom stereocenters. The average molecular weight is 431 g/mol. The van der Waals surface area contributed by atoms with Gasteiger partial charge in [0.05, 0.1) is 30.8 Å². The van der Waals surface area contributed by atoms with Crippen molar-refractivity contribution < 1.29 is 28.5 Å². The molecule has 2 fully saturated rings. The quantitative estimate of drug-likeness (QED) is 0.435. The van der Waals surface area contributed by atoms with Gasteiger partial charge in [0.15, 0.2) is 14.6 Å². The zero-order valence-corrected chi connectivity index (χ0v) is 20.6. The largest absolute Gasteiger partial charge is 0.466 e. The average Bonchev–Trinajstić information content (AvgIpc) is 3.36. The highest BCUT2D eigenvalue weighted by Crippen LogP contribution is 2.43. The van der Waals surface area contributed by atoms with Gasteiger partial charge in [-0.05, 0) is 64.1 Å². The normalized spacial score (nSPS) is 34.0. The molecule has 0 aromatic heterocycles. The van der Waals surface area contributed by atoms with Crippen molar-refractivity contribution in [1.82, 2.24) is 0 Å². The van der Waals surface area contributed by atoms with Crippen LogP contribution >= 0.6 is 0 Å². The number of ether oxygens (including phenoxy) is 3. The van der Waals surface area contributed by atoms with Crippen LogP contribution in [0.3, 0.4) is 0 Å². The fourth-order valence-corrected chi connectivity index (χ4v) is 5.00. The van der Waals surface area contributed by atoms with E-state index in [1.807, 2.05) is 20.8 Å². The van der Waals surface area contributed by atoms with Crippen LogP contribution in [0.15, 0.2) is 0 Å². The van der Waals surface area contributed by atoms with Crippen molar-refractivity contribution in [2.45, 2.75) is 116 Å². The highest BCUT2D eigenvalue weighted by Gasteiger charge is 2.45. The zero-order valence-electron chi connectivity index (χ0n) is 19.6. The van der Waals surface area contributed by atoms with Crippen LogP contribution in [0.25, 0.3) is 0 Å². The van der Waals surface area contributed by atoms with Crippen molar-refractivity contribution >= 4 is 14.3 Å². The first-order valence-corrected chi connectivity index (χ1v) is 14.1. The highest BCUT2D eigenvalue weighted by atomic mass is 28.4. The lowest BCUT2D eigenvalue weighted by molar-refractivity contribution is -0.271. The molecule has 170 valence electrons. The number of aliphatic hydroxyl groups is 1. The molecule has 1 saturated carbocycles. The number of carbonyl (C=O) groups excluding carboxylic acids is 1. The van der Waals surface area contributed by atoms with E-state index in [4.69, 9.17) is 18.6 Å². The van der Waals surface area contributed by atoms with E-state index >= 15 is 0 Å². The summed E-state index contributed by atoms with van der Waals surface area (Å²) in [5.41, 5.74) is 0. The van der Waals surface area contributed by atoms with E-state index in [2.05, 4.69) is 33.9 Å². The van der Waals surface area contributed by atoms with Gasteiger partial charge in [0.25, 0.3) is 0 Å². The van der Waals surface area contributed by atoms with Gasteiger partial charge >= 0.3 is 5.97 Å². The van der Waals surface area contributed by atoms with E-state index in [-0.39, 0.29) is 35.2 Å². The van der Waals surface area contributed by atoms with Gasteiger partial charge in [-0.15, -0.1) is 0 Å². The molecular formula is C22H42O6Si. The maximum absolute atomic E-state index is 11.7. The molecule has 0 radical (unpaired) electrons. The number of aliphatic hydroxyl groups excluding tert-OH is 1. The third-order valence-corrected chi connectivity index (χ3v) is 11.2. The van der Waals surface area contributed by atoms with Gasteiger partial charge in [0, 0.05) is 6.42 Å². The summed E-state index contributed by atoms with van der Waals surface area (Å²) in [6.45, 7) is 17.4. The molecule has 1 aliphatic heterocycles. The van der Waals surface area contributed by atoms with Gasteiger partial charge in [-0.25, -0.2) is 0 Å². The first-order valence-electron chi connectivity index (χ1n) is 11.2. The van der Waals surface area contributed by atoms with Crippen LogP contribution in [0.4, 0.5) is 0 Å². The Balaban J connectivity index is 1.76. The summed E-state index contributed by atoms with van der Waals surface area (Å²) in [5.74, 6) is 0.393. The van der Waals surface area contributed by atoms with Crippen LogP contribution in [0, 0.1) is 11.8 Å². The molecule has 2 aliphatic rings. The van der Waals surface area contributed by atoms with E-state index in [0.29, 0.717) is 18.9 Å². The number of carbonyl (C=O) groups is 1. The summed E-state index contributed by atoms with van der Waals surface area (Å²) in [4.78, 5) is 11.7. The lowest BCUT2D eigenvalue weighted by Crippen LogP contribution is -2.54. The van der Waals surface area contributed by atoms with Gasteiger partial charge in [-0.1, -0.05) is 20.8 Å². The molecular weight excluding hydrogens is 388 g/mol. The highest BCUT2D eigenvalue weighted by molar-refractivity contribution is 6.74. The molecule has 1 N–H and O–H groups in total. The van der Waals surface area contributed by atoms with Gasteiger partial charge in [-0.2, -0.15) is 0 Å². The van der Waals surface area contributed by atoms with E-state index < -0.39 is 20.7 Å². The SMILES string of the molecule is CCOC(=O)C1CC1CC[C@@H](C)O[C@@H]1O[C@@H](C)C(O[Si](C)(C)C(C)(C)C)C[C@H]1O. The van der Waals surface area contributed by atoms with Gasteiger partial charge in [-0.3, -0.25) is 4.79 Å². The maximum atomic E-state index is 11.7. The minimum absolute atomic E-state index is 0.0387. The van der Waals surface area contributed by atoms with Crippen LogP contribution in [0.2, 0.25) is 18.1 Å². The van der Waals surface area contributed by atoms with Crippen molar-refractivity contribution in [2.75, 3.05) is 6.61 Å². The van der Waals surface area contributed by atoms with Crippen molar-refractivity contribution in [3.63, 3.8) is 0 Å². The second kappa shape index (κ2) is 9.77. The molecule has 7 heteroatoms. The maximum Gasteiger partial charge on any atom is 0.309 e. The van der Waals surface area contributed by atoms with Gasteiger partial charge < -0.3 is 23.7 Å². The lowest BCUT2D eigenvalue weighted by Gasteiger charge is -2.45. The first kappa shape index (κ1) is 24.8. The third-order valence-electron chi connectivity index (χ3n) is 6.73. The predicted molar refractivity (Wildman–Crippen MR) is 115 cm³/mol. The summed E-state index contributed by atoms with van der Waals surface area (Å²) in [6, 6.07) is 0. The van der Waals surface area contributed by atoms with E-state index in [0.717, 1.165) is 19.3 Å². The Kier molecular flexibility index (Phi) is 8.35. The number of hydrogen-bond donors (Lipinski definition) is 1.